The number of nitrogens with zero attached hydrogens (tertiary/aromatic N) is 2. The van der Waals surface area contributed by atoms with Crippen LogP contribution >= 0.6 is 11.6 Å². The molecule has 0 radical (unpaired) electrons. The zero-order chi connectivity index (χ0) is 30.5. The van der Waals surface area contributed by atoms with E-state index in [0.29, 0.717) is 16.1 Å². The third kappa shape index (κ3) is 8.07. The van der Waals surface area contributed by atoms with E-state index in [1.54, 1.807) is 44.2 Å². The van der Waals surface area contributed by atoms with E-state index in [1.807, 2.05) is 27.7 Å². The van der Waals surface area contributed by atoms with Crippen molar-refractivity contribution in [2.45, 2.75) is 71.0 Å². The Labute approximate surface area is 247 Å². The van der Waals surface area contributed by atoms with Crippen molar-refractivity contribution in [2.24, 2.45) is 0 Å². The minimum atomic E-state index is -4.22. The van der Waals surface area contributed by atoms with Crippen molar-refractivity contribution in [1.82, 2.24) is 10.2 Å². The second-order valence-electron chi connectivity index (χ2n) is 11.0. The van der Waals surface area contributed by atoms with E-state index in [4.69, 9.17) is 11.6 Å². The van der Waals surface area contributed by atoms with E-state index in [9.17, 15) is 22.4 Å². The lowest BCUT2D eigenvalue weighted by molar-refractivity contribution is -0.141. The van der Waals surface area contributed by atoms with Gasteiger partial charge in [-0.25, -0.2) is 12.8 Å². The SMILES string of the molecule is CC[C@H](C(=O)NC(C)(C)C)N(Cc1ccc(F)cc1)C(=O)CN(c1cccc(Cl)c1C)S(=O)(=O)c1ccc(C)cc1. The van der Waals surface area contributed by atoms with E-state index in [-0.39, 0.29) is 29.5 Å². The Morgan fingerprint density at radius 1 is 0.976 bits per heavy atom. The zero-order valence-corrected chi connectivity index (χ0v) is 25.8. The van der Waals surface area contributed by atoms with E-state index >= 15 is 0 Å². The van der Waals surface area contributed by atoms with Gasteiger partial charge in [0, 0.05) is 17.1 Å². The van der Waals surface area contributed by atoms with E-state index in [1.165, 1.54) is 41.3 Å². The minimum Gasteiger partial charge on any atom is -0.350 e. The number of carbonyl (C=O) groups excluding carboxylic acids is 2. The molecule has 0 aliphatic heterocycles. The Hall–Kier alpha value is -3.43. The summed E-state index contributed by atoms with van der Waals surface area (Å²) in [5.74, 6) is -1.40. The van der Waals surface area contributed by atoms with Gasteiger partial charge in [-0.15, -0.1) is 0 Å². The molecule has 0 spiro atoms. The number of benzene rings is 3. The van der Waals surface area contributed by atoms with Gasteiger partial charge < -0.3 is 10.2 Å². The van der Waals surface area contributed by atoms with E-state index in [0.717, 1.165) is 9.87 Å². The lowest BCUT2D eigenvalue weighted by Crippen LogP contribution is -2.55. The summed E-state index contributed by atoms with van der Waals surface area (Å²) >= 11 is 6.37. The van der Waals surface area contributed by atoms with Crippen molar-refractivity contribution >= 4 is 39.1 Å². The van der Waals surface area contributed by atoms with Gasteiger partial charge in [-0.1, -0.05) is 54.4 Å². The molecular weight excluding hydrogens is 565 g/mol. The maximum Gasteiger partial charge on any atom is 0.264 e. The number of halogens is 2. The third-order valence-corrected chi connectivity index (χ3v) is 8.73. The van der Waals surface area contributed by atoms with Crippen LogP contribution in [0, 0.1) is 19.7 Å². The van der Waals surface area contributed by atoms with Gasteiger partial charge in [0.25, 0.3) is 10.0 Å². The average molecular weight is 602 g/mol. The summed E-state index contributed by atoms with van der Waals surface area (Å²) in [4.78, 5) is 28.9. The number of hydrogen-bond donors (Lipinski definition) is 1. The predicted octanol–water partition coefficient (Wildman–Crippen LogP) is 6.01. The van der Waals surface area contributed by atoms with Crippen LogP contribution in [0.3, 0.4) is 0 Å². The highest BCUT2D eigenvalue weighted by atomic mass is 35.5. The number of hydrogen-bond acceptors (Lipinski definition) is 4. The van der Waals surface area contributed by atoms with Gasteiger partial charge in [0.15, 0.2) is 0 Å². The first-order valence-corrected chi connectivity index (χ1v) is 15.2. The molecule has 0 heterocycles. The van der Waals surface area contributed by atoms with Gasteiger partial charge in [-0.2, -0.15) is 0 Å². The van der Waals surface area contributed by atoms with Crippen molar-refractivity contribution in [3.8, 4) is 0 Å². The molecule has 3 rings (SSSR count). The Balaban J connectivity index is 2.11. The molecular formula is C31H37ClFN3O4S. The monoisotopic (exact) mass is 601 g/mol. The van der Waals surface area contributed by atoms with Gasteiger partial charge in [0.05, 0.1) is 10.6 Å². The number of anilines is 1. The van der Waals surface area contributed by atoms with E-state index < -0.39 is 39.9 Å². The first-order valence-electron chi connectivity index (χ1n) is 13.3. The molecule has 0 unspecified atom stereocenters. The molecule has 2 amide bonds. The fourth-order valence-corrected chi connectivity index (χ4v) is 6.02. The number of aryl methyl sites for hydroxylation is 1. The van der Waals surface area contributed by atoms with Crippen LogP contribution in [-0.4, -0.2) is 43.3 Å². The number of carbonyl (C=O) groups is 2. The second-order valence-corrected chi connectivity index (χ2v) is 13.3. The summed E-state index contributed by atoms with van der Waals surface area (Å²) in [7, 11) is -4.22. The topological polar surface area (TPSA) is 86.8 Å². The summed E-state index contributed by atoms with van der Waals surface area (Å²) in [5.41, 5.74) is 1.65. The number of nitrogens with one attached hydrogen (secondary N) is 1. The van der Waals surface area contributed by atoms with E-state index in [2.05, 4.69) is 5.32 Å². The Morgan fingerprint density at radius 2 is 1.59 bits per heavy atom. The smallest absolute Gasteiger partial charge is 0.264 e. The molecule has 7 nitrogen and oxygen atoms in total. The quantitative estimate of drug-likeness (QED) is 0.308. The number of sulfonamides is 1. The highest BCUT2D eigenvalue weighted by Gasteiger charge is 2.35. The molecule has 0 aliphatic carbocycles. The molecule has 0 saturated heterocycles. The normalized spacial score (nSPS) is 12.5. The lowest BCUT2D eigenvalue weighted by atomic mass is 10.1. The number of amides is 2. The van der Waals surface area contributed by atoms with Gasteiger partial charge in [0.1, 0.15) is 18.4 Å². The highest BCUT2D eigenvalue weighted by molar-refractivity contribution is 7.92. The molecule has 10 heteroatoms. The second kappa shape index (κ2) is 13.0. The van der Waals surface area contributed by atoms with Crippen LogP contribution in [0.2, 0.25) is 5.02 Å². The van der Waals surface area contributed by atoms with Crippen molar-refractivity contribution in [1.29, 1.82) is 0 Å². The average Bonchev–Trinajstić information content (AvgIpc) is 2.89. The molecule has 0 aromatic heterocycles. The van der Waals surface area contributed by atoms with Crippen LogP contribution < -0.4 is 9.62 Å². The van der Waals surface area contributed by atoms with Crippen LogP contribution in [0.4, 0.5) is 10.1 Å². The van der Waals surface area contributed by atoms with Crippen molar-refractivity contribution < 1.29 is 22.4 Å². The summed E-state index contributed by atoms with van der Waals surface area (Å²) in [6, 6.07) is 15.9. The Bertz CT molecular complexity index is 1490. The Morgan fingerprint density at radius 3 is 2.15 bits per heavy atom. The van der Waals surface area contributed by atoms with Crippen LogP contribution in [-0.2, 0) is 26.2 Å². The summed E-state index contributed by atoms with van der Waals surface area (Å²) in [6.45, 7) is 10.2. The molecule has 0 aliphatic rings. The number of rotatable bonds is 10. The zero-order valence-electron chi connectivity index (χ0n) is 24.2. The van der Waals surface area contributed by atoms with Crippen LogP contribution in [0.5, 0.6) is 0 Å². The molecule has 3 aromatic rings. The van der Waals surface area contributed by atoms with Crippen LogP contribution in [0.15, 0.2) is 71.6 Å². The molecule has 220 valence electrons. The molecule has 41 heavy (non-hydrogen) atoms. The third-order valence-electron chi connectivity index (χ3n) is 6.55. The summed E-state index contributed by atoms with van der Waals surface area (Å²) < 4.78 is 42.7. The molecule has 0 saturated carbocycles. The minimum absolute atomic E-state index is 0.0119. The maximum absolute atomic E-state index is 14.1. The van der Waals surface area contributed by atoms with Crippen LogP contribution in [0.1, 0.15) is 50.8 Å². The van der Waals surface area contributed by atoms with Gasteiger partial charge in [-0.05, 0) is 88.6 Å². The molecule has 0 fully saturated rings. The first kappa shape index (κ1) is 32.1. The first-order chi connectivity index (χ1) is 19.1. The molecule has 0 bridgehead atoms. The van der Waals surface area contributed by atoms with Gasteiger partial charge >= 0.3 is 0 Å². The highest BCUT2D eigenvalue weighted by Crippen LogP contribution is 2.31. The van der Waals surface area contributed by atoms with Crippen molar-refractivity contribution in [3.05, 3.63) is 94.3 Å². The summed E-state index contributed by atoms with van der Waals surface area (Å²) in [6.07, 6.45) is 0.274. The largest absolute Gasteiger partial charge is 0.350 e. The fraction of sp³-hybridized carbons (Fsp3) is 0.355. The van der Waals surface area contributed by atoms with Crippen molar-refractivity contribution in [2.75, 3.05) is 10.8 Å². The predicted molar refractivity (Wildman–Crippen MR) is 161 cm³/mol. The van der Waals surface area contributed by atoms with Gasteiger partial charge in [-0.3, -0.25) is 13.9 Å². The lowest BCUT2D eigenvalue weighted by Gasteiger charge is -2.35. The molecule has 1 N–H and O–H groups in total. The fourth-order valence-electron chi connectivity index (χ4n) is 4.38. The van der Waals surface area contributed by atoms with Crippen molar-refractivity contribution in [3.63, 3.8) is 0 Å². The summed E-state index contributed by atoms with van der Waals surface area (Å²) in [5, 5.41) is 3.27. The maximum atomic E-state index is 14.1. The standard InChI is InChI=1S/C31H37ClFN3O4S/c1-7-27(30(38)34-31(4,5)6)35(19-23-13-15-24(33)16-14-23)29(37)20-36(28-10-8-9-26(32)22(28)3)41(39,40)25-17-11-21(2)12-18-25/h8-18,27H,7,19-20H2,1-6H3,(H,34,38)/t27-/m1/s1. The molecule has 3 aromatic carbocycles. The van der Waals surface area contributed by atoms with Gasteiger partial charge in [0.2, 0.25) is 11.8 Å². The Kier molecular flexibility index (Phi) is 10.2. The van der Waals surface area contributed by atoms with Crippen LogP contribution in [0.25, 0.3) is 0 Å². The molecule has 1 atom stereocenters.